The number of hydrogen-bond acceptors (Lipinski definition) is 4. The third-order valence-electron chi connectivity index (χ3n) is 4.61. The number of benzene rings is 1. The first-order valence-electron chi connectivity index (χ1n) is 8.19. The first-order chi connectivity index (χ1) is 10.6. The fraction of sp³-hybridized carbons (Fsp3) is 0.533. The average molecular weight is 278 g/mol. The Morgan fingerprint density at radius 2 is 2.35 bits per heavy atom. The Morgan fingerprint density at radius 1 is 1.55 bits per heavy atom. The van der Waals surface area contributed by atoms with Crippen LogP contribution in [0.1, 0.15) is 23.0 Å². The molecular formula is C15H21N3O2. The van der Waals surface area contributed by atoms with Gasteiger partial charge >= 0.3 is 6.09 Å². The van der Waals surface area contributed by atoms with E-state index in [2.05, 4.69) is 30.8 Å². The van der Waals surface area contributed by atoms with E-state index in [1.54, 1.807) is 6.07 Å². The highest BCUT2D eigenvalue weighted by Gasteiger charge is 2.52. The van der Waals surface area contributed by atoms with Crippen LogP contribution in [0.2, 0.25) is 0 Å². The van der Waals surface area contributed by atoms with E-state index < -0.39 is 13.1 Å². The third-order valence-corrected chi connectivity index (χ3v) is 4.61. The second-order valence-corrected chi connectivity index (χ2v) is 5.83. The molecule has 5 heteroatoms. The Kier molecular flexibility index (Phi) is 2.20. The Morgan fingerprint density at radius 3 is 3.10 bits per heavy atom. The van der Waals surface area contributed by atoms with Gasteiger partial charge in [-0.2, -0.15) is 0 Å². The Hall–Kier alpha value is -1.75. The molecule has 20 heavy (non-hydrogen) atoms. The smallest absolute Gasteiger partial charge is 0.410 e. The van der Waals surface area contributed by atoms with Crippen molar-refractivity contribution >= 4 is 11.8 Å². The van der Waals surface area contributed by atoms with Crippen molar-refractivity contribution in [2.45, 2.75) is 24.9 Å². The number of fused-ring (bicyclic) bond motifs is 3. The zero-order valence-corrected chi connectivity index (χ0v) is 11.9. The van der Waals surface area contributed by atoms with Gasteiger partial charge in [-0.25, -0.2) is 4.79 Å². The Balaban J connectivity index is 1.87. The standard InChI is InChI=1S/C15H21N3O2/c1-15-7-8-17(3)13(15)18(4)12-6-5-10(9-11(12)15)20-14(19)16-2/h5-6,9,13H,7-8H2,1-4H3,(H,16,19)/t13?,15-/m0/s1/i2D3. The lowest BCUT2D eigenvalue weighted by Gasteiger charge is -2.32. The van der Waals surface area contributed by atoms with Crippen LogP contribution < -0.4 is 15.0 Å². The minimum atomic E-state index is -2.56. The molecule has 0 saturated carbocycles. The third kappa shape index (κ3) is 1.69. The summed E-state index contributed by atoms with van der Waals surface area (Å²) in [6, 6.07) is 5.47. The van der Waals surface area contributed by atoms with Crippen molar-refractivity contribution in [2.24, 2.45) is 0 Å². The molecule has 1 amide bonds. The number of rotatable bonds is 1. The molecule has 0 radical (unpaired) electrons. The number of likely N-dealkylation sites (N-methyl/N-ethyl adjacent to an activating group) is 2. The summed E-state index contributed by atoms with van der Waals surface area (Å²) in [5, 5.41) is 1.83. The molecule has 2 atom stereocenters. The van der Waals surface area contributed by atoms with Crippen molar-refractivity contribution in [3.63, 3.8) is 0 Å². The Bertz CT molecular complexity index is 649. The van der Waals surface area contributed by atoms with E-state index in [1.165, 1.54) is 0 Å². The second kappa shape index (κ2) is 4.38. The summed E-state index contributed by atoms with van der Waals surface area (Å²) in [5.41, 5.74) is 2.22. The molecule has 2 aliphatic rings. The van der Waals surface area contributed by atoms with Crippen molar-refractivity contribution in [1.82, 2.24) is 10.2 Å². The van der Waals surface area contributed by atoms with E-state index in [1.807, 2.05) is 17.4 Å². The molecule has 3 rings (SSSR count). The van der Waals surface area contributed by atoms with Crippen molar-refractivity contribution in [2.75, 3.05) is 32.5 Å². The van der Waals surface area contributed by atoms with Gasteiger partial charge in [0.25, 0.3) is 0 Å². The lowest BCUT2D eigenvalue weighted by atomic mass is 9.81. The zero-order chi connectivity index (χ0) is 17.0. The van der Waals surface area contributed by atoms with E-state index >= 15 is 0 Å². The number of nitrogens with zero attached hydrogens (tertiary/aromatic N) is 2. The van der Waals surface area contributed by atoms with Crippen molar-refractivity contribution < 1.29 is 13.6 Å². The number of anilines is 1. The number of carbonyl (C=O) groups is 1. The van der Waals surface area contributed by atoms with Gasteiger partial charge in [-0.15, -0.1) is 0 Å². The van der Waals surface area contributed by atoms with E-state index in [9.17, 15) is 4.79 Å². The van der Waals surface area contributed by atoms with Crippen molar-refractivity contribution in [3.05, 3.63) is 23.8 Å². The highest BCUT2D eigenvalue weighted by atomic mass is 16.5. The molecule has 1 aromatic rings. The van der Waals surface area contributed by atoms with Crippen LogP contribution in [0.5, 0.6) is 5.75 Å². The highest BCUT2D eigenvalue weighted by Crippen LogP contribution is 2.51. The molecular weight excluding hydrogens is 254 g/mol. The van der Waals surface area contributed by atoms with Gasteiger partial charge in [0.05, 0.1) is 6.17 Å². The van der Waals surface area contributed by atoms with E-state index in [0.29, 0.717) is 5.75 Å². The Labute approximate surface area is 123 Å². The lowest BCUT2D eigenvalue weighted by molar-refractivity contribution is 0.203. The molecule has 1 N–H and O–H groups in total. The predicted molar refractivity (Wildman–Crippen MR) is 78.3 cm³/mol. The second-order valence-electron chi connectivity index (χ2n) is 5.83. The van der Waals surface area contributed by atoms with Gasteiger partial charge < -0.3 is 15.0 Å². The molecule has 1 unspecified atom stereocenters. The highest BCUT2D eigenvalue weighted by molar-refractivity contribution is 5.72. The molecule has 0 spiro atoms. The molecule has 0 aromatic heterocycles. The van der Waals surface area contributed by atoms with Crippen LogP contribution >= 0.6 is 0 Å². The van der Waals surface area contributed by atoms with Gasteiger partial charge in [0.15, 0.2) is 0 Å². The van der Waals surface area contributed by atoms with Crippen molar-refractivity contribution in [3.8, 4) is 5.75 Å². The summed E-state index contributed by atoms with van der Waals surface area (Å²) >= 11 is 0. The van der Waals surface area contributed by atoms with Crippen LogP contribution in [0.15, 0.2) is 18.2 Å². The summed E-state index contributed by atoms with van der Waals surface area (Å²) in [6.45, 7) is 0.671. The number of ether oxygens (including phenoxy) is 1. The molecule has 1 fully saturated rings. The zero-order valence-electron chi connectivity index (χ0n) is 14.9. The van der Waals surface area contributed by atoms with Gasteiger partial charge in [0.2, 0.25) is 0 Å². The largest absolute Gasteiger partial charge is 0.412 e. The summed E-state index contributed by atoms with van der Waals surface area (Å²) in [5.74, 6) is 0.357. The summed E-state index contributed by atoms with van der Waals surface area (Å²) < 4.78 is 26.2. The van der Waals surface area contributed by atoms with Crippen LogP contribution in [0, 0.1) is 0 Å². The van der Waals surface area contributed by atoms with Crippen LogP contribution in [-0.4, -0.2) is 44.8 Å². The molecule has 108 valence electrons. The minimum absolute atomic E-state index is 0.0291. The van der Waals surface area contributed by atoms with Gasteiger partial charge in [0.1, 0.15) is 5.75 Å². The van der Waals surface area contributed by atoms with Gasteiger partial charge in [-0.1, -0.05) is 6.92 Å². The van der Waals surface area contributed by atoms with E-state index in [4.69, 9.17) is 8.85 Å². The molecule has 0 aliphatic carbocycles. The first kappa shape index (κ1) is 10.0. The molecule has 1 saturated heterocycles. The van der Waals surface area contributed by atoms with Crippen LogP contribution in [0.3, 0.4) is 0 Å². The summed E-state index contributed by atoms with van der Waals surface area (Å²) in [4.78, 5) is 16.2. The van der Waals surface area contributed by atoms with Crippen molar-refractivity contribution in [1.29, 1.82) is 0 Å². The molecule has 0 bridgehead atoms. The van der Waals surface area contributed by atoms with Crippen LogP contribution in [-0.2, 0) is 5.41 Å². The summed E-state index contributed by atoms with van der Waals surface area (Å²) in [7, 11) is 4.18. The average Bonchev–Trinajstić information content (AvgIpc) is 2.83. The predicted octanol–water partition coefficient (Wildman–Crippen LogP) is 1.77. The van der Waals surface area contributed by atoms with Gasteiger partial charge in [0, 0.05) is 35.8 Å². The molecule has 5 nitrogen and oxygen atoms in total. The lowest BCUT2D eigenvalue weighted by Crippen LogP contribution is -2.45. The number of amides is 1. The molecule has 2 heterocycles. The topological polar surface area (TPSA) is 44.8 Å². The van der Waals surface area contributed by atoms with Crippen LogP contribution in [0.25, 0.3) is 0 Å². The number of likely N-dealkylation sites (tertiary alicyclic amines) is 1. The van der Waals surface area contributed by atoms with Crippen LogP contribution in [0.4, 0.5) is 10.5 Å². The first-order valence-corrected chi connectivity index (χ1v) is 6.69. The summed E-state index contributed by atoms with van der Waals surface area (Å²) in [6.07, 6.45) is 0.335. The monoisotopic (exact) mass is 278 g/mol. The minimum Gasteiger partial charge on any atom is -0.410 e. The van der Waals surface area contributed by atoms with Gasteiger partial charge in [-0.05, 0) is 37.2 Å². The fourth-order valence-electron chi connectivity index (χ4n) is 3.75. The molecule has 2 aliphatic heterocycles. The van der Waals surface area contributed by atoms with E-state index in [0.717, 1.165) is 24.2 Å². The fourth-order valence-corrected chi connectivity index (χ4v) is 3.75. The number of carbonyl (C=O) groups excluding carboxylic acids is 1. The van der Waals surface area contributed by atoms with Gasteiger partial charge in [-0.3, -0.25) is 4.90 Å². The quantitative estimate of drug-likeness (QED) is 0.850. The number of nitrogens with one attached hydrogen (secondary N) is 1. The number of hydrogen-bond donors (Lipinski definition) is 1. The van der Waals surface area contributed by atoms with E-state index in [-0.39, 0.29) is 11.6 Å². The normalized spacial score (nSPS) is 31.1. The maximum Gasteiger partial charge on any atom is 0.412 e. The maximum absolute atomic E-state index is 11.6. The SMILES string of the molecule is [2H]C([2H])([2H])NC(=O)Oc1ccc2c(c1)[C@]1(C)CCN(C)C1N2C. The maximum atomic E-state index is 11.6. The molecule has 1 aromatic carbocycles.